The fourth-order valence-electron chi connectivity index (χ4n) is 9.82. The number of nitrogens with zero attached hydrogens (tertiary/aromatic N) is 1. The van der Waals surface area contributed by atoms with Gasteiger partial charge >= 0.3 is 7.12 Å². The van der Waals surface area contributed by atoms with E-state index in [1.807, 2.05) is 79.7 Å². The first-order valence-electron chi connectivity index (χ1n) is 21.1. The van der Waals surface area contributed by atoms with Crippen LogP contribution in [-0.2, 0) is 18.7 Å². The number of rotatable bonds is 12. The normalized spacial score (nSPS) is 20.8. The highest BCUT2D eigenvalue weighted by atomic mass is 35.5. The van der Waals surface area contributed by atoms with Crippen LogP contribution < -0.4 is 20.6 Å². The first kappa shape index (κ1) is 42.5. The third-order valence-corrected chi connectivity index (χ3v) is 17.9. The Kier molecular flexibility index (Phi) is 12.3. The van der Waals surface area contributed by atoms with Crippen LogP contribution in [0.2, 0.25) is 16.4 Å². The number of anilines is 3. The number of aromatic hydroxyl groups is 1. The van der Waals surface area contributed by atoms with Gasteiger partial charge in [0.1, 0.15) is 5.75 Å². The third kappa shape index (κ3) is 8.52. The van der Waals surface area contributed by atoms with Crippen LogP contribution in [0.15, 0.2) is 150 Å². The number of hydrogen-bond acceptors (Lipinski definition) is 7. The summed E-state index contributed by atoms with van der Waals surface area (Å²) in [6.45, 7) is 9.00. The second kappa shape index (κ2) is 17.6. The van der Waals surface area contributed by atoms with Gasteiger partial charge in [0.15, 0.2) is 0 Å². The number of para-hydroxylation sites is 1. The summed E-state index contributed by atoms with van der Waals surface area (Å²) in [6, 6.07) is 43.1. The Balaban J connectivity index is 1.16. The van der Waals surface area contributed by atoms with Crippen LogP contribution in [0, 0.1) is 17.8 Å². The number of hydrogen-bond donors (Lipinski definition) is 3. The monoisotopic (exact) mass is 850 g/mol. The zero-order valence-corrected chi connectivity index (χ0v) is 36.8. The lowest BCUT2D eigenvalue weighted by Gasteiger charge is -2.46. The summed E-state index contributed by atoms with van der Waals surface area (Å²) < 4.78 is 14.0. The summed E-state index contributed by atoms with van der Waals surface area (Å²) in [5.74, 6) is -2.09. The van der Waals surface area contributed by atoms with Gasteiger partial charge in [0.2, 0.25) is 11.8 Å². The highest BCUT2D eigenvalue weighted by molar-refractivity contribution is 6.99. The molecule has 5 aromatic rings. The summed E-state index contributed by atoms with van der Waals surface area (Å²) >= 11 is 6.47. The van der Waals surface area contributed by atoms with Gasteiger partial charge < -0.3 is 24.5 Å². The summed E-state index contributed by atoms with van der Waals surface area (Å²) in [4.78, 5) is 30.7. The lowest BCUT2D eigenvalue weighted by atomic mass is 9.58. The quantitative estimate of drug-likeness (QED) is 0.0652. The number of phenolic OH excluding ortho intramolecular Hbond substituents is 1. The Hall–Kier alpha value is -5.23. The molecule has 3 aliphatic rings. The highest BCUT2D eigenvalue weighted by Crippen LogP contribution is 2.52. The minimum Gasteiger partial charge on any atom is -0.508 e. The van der Waals surface area contributed by atoms with Gasteiger partial charge in [0, 0.05) is 11.4 Å². The largest absolute Gasteiger partial charge is 0.508 e. The van der Waals surface area contributed by atoms with Gasteiger partial charge in [-0.2, -0.15) is 0 Å². The zero-order chi connectivity index (χ0) is 42.9. The van der Waals surface area contributed by atoms with Gasteiger partial charge in [-0.05, 0) is 125 Å². The predicted octanol–water partition coefficient (Wildman–Crippen LogP) is 9.55. The summed E-state index contributed by atoms with van der Waals surface area (Å²) in [7, 11) is -4.13. The Morgan fingerprint density at radius 1 is 0.869 bits per heavy atom. The number of fused-ring (bicyclic) bond motifs is 3. The number of halogens is 1. The van der Waals surface area contributed by atoms with Gasteiger partial charge in [0.25, 0.3) is 8.32 Å². The van der Waals surface area contributed by atoms with Crippen LogP contribution in [0.4, 0.5) is 17.1 Å². The Labute approximate surface area is 365 Å². The van der Waals surface area contributed by atoms with E-state index >= 15 is 0 Å². The number of phenols is 1. The molecular formula is C50H52BClN2O6Si. The van der Waals surface area contributed by atoms with Gasteiger partial charge in [-0.3, -0.25) is 14.5 Å². The van der Waals surface area contributed by atoms with E-state index < -0.39 is 39.3 Å². The van der Waals surface area contributed by atoms with E-state index in [0.29, 0.717) is 30.0 Å². The molecule has 0 aromatic heterocycles. The maximum atomic E-state index is 14.7. The van der Waals surface area contributed by atoms with Gasteiger partial charge in [0.05, 0.1) is 35.3 Å². The molecule has 0 saturated carbocycles. The van der Waals surface area contributed by atoms with Crippen molar-refractivity contribution in [3.63, 3.8) is 0 Å². The number of carbonyl (C=O) groups excluding carboxylic acids is 2. The smallest absolute Gasteiger partial charge is 0.455 e. The predicted molar refractivity (Wildman–Crippen MR) is 248 cm³/mol. The molecular weight excluding hydrogens is 799 g/mol. The molecule has 312 valence electrons. The average Bonchev–Trinajstić information content (AvgIpc) is 3.50. The molecule has 11 heteroatoms. The molecule has 0 unspecified atom stereocenters. The molecule has 0 radical (unpaired) electrons. The molecule has 5 aromatic carbocycles. The van der Waals surface area contributed by atoms with E-state index in [9.17, 15) is 19.7 Å². The van der Waals surface area contributed by atoms with Crippen molar-refractivity contribution < 1.29 is 28.8 Å². The fourth-order valence-corrected chi connectivity index (χ4v) is 14.6. The molecule has 8 nitrogen and oxygen atoms in total. The van der Waals surface area contributed by atoms with Gasteiger partial charge in [-0.15, -0.1) is 0 Å². The summed E-state index contributed by atoms with van der Waals surface area (Å²) in [5.41, 5.74) is 6.05. The van der Waals surface area contributed by atoms with Crippen molar-refractivity contribution in [2.45, 2.75) is 64.4 Å². The minimum atomic E-state index is -3.01. The van der Waals surface area contributed by atoms with Crippen LogP contribution in [0.5, 0.6) is 5.75 Å². The van der Waals surface area contributed by atoms with Gasteiger partial charge in [-0.1, -0.05) is 123 Å². The number of benzene rings is 5. The van der Waals surface area contributed by atoms with Crippen molar-refractivity contribution in [3.05, 3.63) is 161 Å². The van der Waals surface area contributed by atoms with Crippen molar-refractivity contribution in [2.75, 3.05) is 16.8 Å². The van der Waals surface area contributed by atoms with Crippen LogP contribution in [0.3, 0.4) is 0 Å². The molecule has 3 N–H and O–H groups in total. The summed E-state index contributed by atoms with van der Waals surface area (Å²) in [6.07, 6.45) is 3.16. The van der Waals surface area contributed by atoms with Crippen molar-refractivity contribution in [1.82, 2.24) is 0 Å². The number of allylic oxidation sites excluding steroid dienone is 1. The Morgan fingerprint density at radius 2 is 1.48 bits per heavy atom. The van der Waals surface area contributed by atoms with Crippen molar-refractivity contribution in [2.24, 2.45) is 17.8 Å². The lowest BCUT2D eigenvalue weighted by Crippen LogP contribution is -2.66. The van der Waals surface area contributed by atoms with E-state index in [1.165, 1.54) is 11.0 Å². The number of carbonyl (C=O) groups is 2. The lowest BCUT2D eigenvalue weighted by molar-refractivity contribution is -0.122. The van der Waals surface area contributed by atoms with Crippen molar-refractivity contribution in [3.8, 4) is 5.75 Å². The molecule has 2 heterocycles. The molecule has 1 aliphatic carbocycles. The Bertz CT molecular complexity index is 2400. The first-order valence-corrected chi connectivity index (χ1v) is 23.4. The number of nitrogens with one attached hydrogen (secondary N) is 1. The van der Waals surface area contributed by atoms with E-state index in [2.05, 4.69) is 74.6 Å². The van der Waals surface area contributed by atoms with Gasteiger partial charge in [-0.25, -0.2) is 0 Å². The van der Waals surface area contributed by atoms with E-state index in [0.717, 1.165) is 44.0 Å². The molecule has 4 atom stereocenters. The van der Waals surface area contributed by atoms with E-state index in [-0.39, 0.29) is 35.5 Å². The van der Waals surface area contributed by atoms with Crippen molar-refractivity contribution in [1.29, 1.82) is 0 Å². The highest BCUT2D eigenvalue weighted by Gasteiger charge is 2.58. The first-order chi connectivity index (χ1) is 29.3. The molecule has 8 rings (SSSR count). The standard InChI is InChI=1S/C50H52BClN2O6Si/c1-33(28-34-21-26-39(55)30-44(34)52)20-27-45-46-35(32-59-61(50(2,3)4,40-16-10-6-11-17-40)41-18-12-7-13-19-41)29-42-47(43(46)31-51(58)60-45)49(57)54(48(42)56)38-24-22-37(23-25-38)53-36-14-8-5-9-15-36/h5-19,21-26,28,30,42-43,45,47,53,55,58H,20,27,29,31-32H2,1-4H3/b33-28+/t42-,43+,45-,47-/m1/s1. The maximum absolute atomic E-state index is 14.7. The molecule has 0 spiro atoms. The SMILES string of the molecule is C/C(=C\c1ccc(O)cc1Cl)CC[C@H]1OB(O)C[C@H]2C1=C(CO[Si](c1ccccc1)(c1ccccc1)C(C)(C)C)C[C@H]1C(=O)N(c3ccc(Nc4ccccc4)cc3)C(=O)[C@H]12. The minimum absolute atomic E-state index is 0.0985. The van der Waals surface area contributed by atoms with E-state index in [1.54, 1.807) is 12.1 Å². The zero-order valence-electron chi connectivity index (χ0n) is 35.1. The van der Waals surface area contributed by atoms with Crippen LogP contribution in [-0.4, -0.2) is 50.1 Å². The van der Waals surface area contributed by atoms with Crippen LogP contribution >= 0.6 is 11.6 Å². The molecule has 2 saturated heterocycles. The number of imide groups is 1. The maximum Gasteiger partial charge on any atom is 0.455 e. The molecule has 2 fully saturated rings. The molecule has 0 bridgehead atoms. The second-order valence-corrected chi connectivity index (χ2v) is 22.3. The molecule has 61 heavy (non-hydrogen) atoms. The molecule has 2 amide bonds. The topological polar surface area (TPSA) is 108 Å². The third-order valence-electron chi connectivity index (χ3n) is 12.6. The second-order valence-electron chi connectivity index (χ2n) is 17.6. The average molecular weight is 851 g/mol. The summed E-state index contributed by atoms with van der Waals surface area (Å²) in [5, 5.41) is 27.1. The van der Waals surface area contributed by atoms with E-state index in [4.69, 9.17) is 20.7 Å². The fraction of sp³-hybridized carbons (Fsp3) is 0.280. The van der Waals surface area contributed by atoms with Crippen LogP contribution in [0.1, 0.15) is 52.5 Å². The Morgan fingerprint density at radius 3 is 2.08 bits per heavy atom. The van der Waals surface area contributed by atoms with Crippen LogP contribution in [0.25, 0.3) is 6.08 Å². The molecule has 2 aliphatic heterocycles. The number of amides is 2. The van der Waals surface area contributed by atoms with Crippen molar-refractivity contribution >= 4 is 72.4 Å².